The molecular weight excluding hydrogens is 496 g/mol. The lowest BCUT2D eigenvalue weighted by Gasteiger charge is -2.28. The number of hydrogen-bond donors (Lipinski definition) is 2. The summed E-state index contributed by atoms with van der Waals surface area (Å²) in [5, 5.41) is 6.14. The predicted octanol–water partition coefficient (Wildman–Crippen LogP) is 2.98. The van der Waals surface area contributed by atoms with Crippen LogP contribution < -0.4 is 15.5 Å². The molecule has 0 unspecified atom stereocenters. The molecule has 0 saturated carbocycles. The highest BCUT2D eigenvalue weighted by molar-refractivity contribution is 14.0. The van der Waals surface area contributed by atoms with Crippen LogP contribution in [0.25, 0.3) is 0 Å². The van der Waals surface area contributed by atoms with Crippen LogP contribution in [0.15, 0.2) is 53.5 Å². The molecule has 6 nitrogen and oxygen atoms in total. The van der Waals surface area contributed by atoms with Gasteiger partial charge < -0.3 is 20.4 Å². The van der Waals surface area contributed by atoms with E-state index in [0.29, 0.717) is 26.2 Å². The topological polar surface area (TPSA) is 60.0 Å². The largest absolute Gasteiger partial charge is 0.360 e. The zero-order valence-electron chi connectivity index (χ0n) is 17.4. The fraction of sp³-hybridized carbons (Fsp3) is 0.364. The van der Waals surface area contributed by atoms with Crippen molar-refractivity contribution in [2.24, 2.45) is 4.99 Å². The van der Waals surface area contributed by atoms with E-state index < -0.39 is 0 Å². The molecule has 2 aromatic carbocycles. The van der Waals surface area contributed by atoms with Crippen molar-refractivity contribution < 1.29 is 9.18 Å². The predicted molar refractivity (Wildman–Crippen MR) is 130 cm³/mol. The summed E-state index contributed by atoms with van der Waals surface area (Å²) < 4.78 is 13.1. The number of piperazine rings is 1. The first-order chi connectivity index (χ1) is 14.0. The number of amides is 1. The summed E-state index contributed by atoms with van der Waals surface area (Å²) >= 11 is 0. The molecule has 2 aromatic rings. The first-order valence-corrected chi connectivity index (χ1v) is 9.89. The Morgan fingerprint density at radius 2 is 1.83 bits per heavy atom. The van der Waals surface area contributed by atoms with Crippen molar-refractivity contribution in [1.82, 2.24) is 15.5 Å². The van der Waals surface area contributed by atoms with Gasteiger partial charge in [0.25, 0.3) is 0 Å². The minimum absolute atomic E-state index is 0. The number of nitrogens with zero attached hydrogens (tertiary/aromatic N) is 3. The molecule has 0 spiro atoms. The van der Waals surface area contributed by atoms with Gasteiger partial charge in [-0.15, -0.1) is 24.0 Å². The second kappa shape index (κ2) is 11.7. The number of aliphatic imine (C=N–C) groups is 1. The van der Waals surface area contributed by atoms with Gasteiger partial charge in [-0.25, -0.2) is 9.38 Å². The fourth-order valence-electron chi connectivity index (χ4n) is 3.25. The van der Waals surface area contributed by atoms with Gasteiger partial charge in [0, 0.05) is 38.9 Å². The highest BCUT2D eigenvalue weighted by atomic mass is 127. The van der Waals surface area contributed by atoms with Gasteiger partial charge in [0.05, 0.1) is 13.1 Å². The number of carbonyl (C=O) groups excluding carboxylic acids is 1. The molecule has 8 heteroatoms. The van der Waals surface area contributed by atoms with E-state index in [4.69, 9.17) is 4.99 Å². The summed E-state index contributed by atoms with van der Waals surface area (Å²) in [6.07, 6.45) is 0. The summed E-state index contributed by atoms with van der Waals surface area (Å²) in [6.45, 7) is 5.89. The van der Waals surface area contributed by atoms with Crippen molar-refractivity contribution in [2.75, 3.05) is 38.1 Å². The van der Waals surface area contributed by atoms with Crippen molar-refractivity contribution in [3.8, 4) is 0 Å². The quantitative estimate of drug-likeness (QED) is 0.346. The Morgan fingerprint density at radius 3 is 2.47 bits per heavy atom. The fourth-order valence-corrected chi connectivity index (χ4v) is 3.25. The first-order valence-electron chi connectivity index (χ1n) is 9.89. The van der Waals surface area contributed by atoms with E-state index in [0.717, 1.165) is 35.9 Å². The van der Waals surface area contributed by atoms with Gasteiger partial charge in [0.15, 0.2) is 5.96 Å². The number of guanidine groups is 1. The van der Waals surface area contributed by atoms with E-state index in [1.54, 1.807) is 12.1 Å². The summed E-state index contributed by atoms with van der Waals surface area (Å²) in [7, 11) is 1.97. The van der Waals surface area contributed by atoms with Crippen LogP contribution >= 0.6 is 24.0 Å². The summed E-state index contributed by atoms with van der Waals surface area (Å²) in [6, 6.07) is 14.7. The van der Waals surface area contributed by atoms with E-state index in [1.807, 2.05) is 31.0 Å². The SMILES string of the molecule is CCNC(=NCc1ccc(N2CCNC(=O)C2)cc1)N(C)Cc1ccc(F)cc1.I. The van der Waals surface area contributed by atoms with Gasteiger partial charge in [0.1, 0.15) is 5.82 Å². The molecule has 1 aliphatic rings. The third-order valence-corrected chi connectivity index (χ3v) is 4.78. The van der Waals surface area contributed by atoms with Gasteiger partial charge in [-0.05, 0) is 42.3 Å². The monoisotopic (exact) mass is 525 g/mol. The average Bonchev–Trinajstić information content (AvgIpc) is 2.73. The maximum Gasteiger partial charge on any atom is 0.239 e. The number of hydrogen-bond acceptors (Lipinski definition) is 3. The lowest BCUT2D eigenvalue weighted by Crippen LogP contribution is -2.47. The third kappa shape index (κ3) is 6.86. The Balaban J connectivity index is 0.00000320. The normalized spacial score (nSPS) is 14.0. The molecule has 1 heterocycles. The van der Waals surface area contributed by atoms with E-state index in [-0.39, 0.29) is 35.7 Å². The summed E-state index contributed by atoms with van der Waals surface area (Å²) in [5.41, 5.74) is 3.17. The van der Waals surface area contributed by atoms with Crippen LogP contribution in [0.3, 0.4) is 0 Å². The van der Waals surface area contributed by atoms with Crippen LogP contribution in [-0.4, -0.2) is 50.0 Å². The lowest BCUT2D eigenvalue weighted by atomic mass is 10.2. The molecule has 0 aliphatic carbocycles. The number of anilines is 1. The van der Waals surface area contributed by atoms with Crippen LogP contribution in [0, 0.1) is 5.82 Å². The molecule has 3 rings (SSSR count). The highest BCUT2D eigenvalue weighted by Gasteiger charge is 2.16. The smallest absolute Gasteiger partial charge is 0.239 e. The third-order valence-electron chi connectivity index (χ3n) is 4.78. The molecule has 1 saturated heterocycles. The Labute approximate surface area is 194 Å². The van der Waals surface area contributed by atoms with Crippen molar-refractivity contribution in [1.29, 1.82) is 0 Å². The Hall–Kier alpha value is -2.36. The Bertz CT molecular complexity index is 842. The molecule has 0 bridgehead atoms. The van der Waals surface area contributed by atoms with E-state index in [1.165, 1.54) is 12.1 Å². The van der Waals surface area contributed by atoms with Crippen molar-refractivity contribution in [3.05, 3.63) is 65.5 Å². The standard InChI is InChI=1S/C22H28FN5O.HI/c1-3-24-22(27(2)15-18-4-8-19(23)9-5-18)26-14-17-6-10-20(11-7-17)28-13-12-25-21(29)16-28;/h4-11H,3,12-16H2,1-2H3,(H,24,26)(H,25,29);1H. The van der Waals surface area contributed by atoms with Crippen molar-refractivity contribution >= 4 is 41.5 Å². The van der Waals surface area contributed by atoms with E-state index in [9.17, 15) is 9.18 Å². The number of rotatable bonds is 6. The van der Waals surface area contributed by atoms with Crippen LogP contribution in [-0.2, 0) is 17.9 Å². The van der Waals surface area contributed by atoms with Crippen molar-refractivity contribution in [3.63, 3.8) is 0 Å². The molecule has 1 aliphatic heterocycles. The molecule has 0 radical (unpaired) electrons. The molecular formula is C22H29FIN5O. The maximum absolute atomic E-state index is 13.1. The Morgan fingerprint density at radius 1 is 1.17 bits per heavy atom. The van der Waals surface area contributed by atoms with Crippen molar-refractivity contribution in [2.45, 2.75) is 20.0 Å². The van der Waals surface area contributed by atoms with Crippen LogP contribution in [0.2, 0.25) is 0 Å². The summed E-state index contributed by atoms with van der Waals surface area (Å²) in [4.78, 5) is 20.4. The number of halogens is 2. The minimum Gasteiger partial charge on any atom is -0.360 e. The number of nitrogens with one attached hydrogen (secondary N) is 2. The van der Waals surface area contributed by atoms with Gasteiger partial charge >= 0.3 is 0 Å². The molecule has 162 valence electrons. The highest BCUT2D eigenvalue weighted by Crippen LogP contribution is 2.16. The van der Waals surface area contributed by atoms with Gasteiger partial charge in [-0.2, -0.15) is 0 Å². The molecule has 2 N–H and O–H groups in total. The summed E-state index contributed by atoms with van der Waals surface area (Å²) in [5.74, 6) is 0.628. The molecule has 0 atom stereocenters. The van der Waals surface area contributed by atoms with E-state index in [2.05, 4.69) is 27.7 Å². The molecule has 30 heavy (non-hydrogen) atoms. The maximum atomic E-state index is 13.1. The second-order valence-electron chi connectivity index (χ2n) is 7.09. The van der Waals surface area contributed by atoms with Crippen LogP contribution in [0.1, 0.15) is 18.1 Å². The number of carbonyl (C=O) groups is 1. The van der Waals surface area contributed by atoms with Gasteiger partial charge in [-0.1, -0.05) is 24.3 Å². The Kier molecular flexibility index (Phi) is 9.35. The number of benzene rings is 2. The van der Waals surface area contributed by atoms with Crippen LogP contribution in [0.5, 0.6) is 0 Å². The van der Waals surface area contributed by atoms with E-state index >= 15 is 0 Å². The molecule has 1 amide bonds. The van der Waals surface area contributed by atoms with Gasteiger partial charge in [0.2, 0.25) is 5.91 Å². The minimum atomic E-state index is -0.231. The zero-order chi connectivity index (χ0) is 20.6. The molecule has 0 aromatic heterocycles. The zero-order valence-corrected chi connectivity index (χ0v) is 19.7. The van der Waals surface area contributed by atoms with Gasteiger partial charge in [-0.3, -0.25) is 4.79 Å². The lowest BCUT2D eigenvalue weighted by molar-refractivity contribution is -0.120. The average molecular weight is 525 g/mol. The van der Waals surface area contributed by atoms with Crippen LogP contribution in [0.4, 0.5) is 10.1 Å². The first kappa shape index (κ1) is 23.9. The molecule has 1 fully saturated rings. The second-order valence-corrected chi connectivity index (χ2v) is 7.09.